The number of aromatic nitrogens is 3. The molecule has 0 unspecified atom stereocenters. The average Bonchev–Trinajstić information content (AvgIpc) is 2.66. The van der Waals surface area contributed by atoms with Gasteiger partial charge in [0.1, 0.15) is 0 Å². The van der Waals surface area contributed by atoms with Crippen LogP contribution in [0.1, 0.15) is 13.3 Å². The maximum atomic E-state index is 5.85. The fourth-order valence-corrected chi connectivity index (χ4v) is 1.45. The van der Waals surface area contributed by atoms with Crippen molar-refractivity contribution in [2.45, 2.75) is 13.3 Å². The van der Waals surface area contributed by atoms with E-state index in [0.29, 0.717) is 11.0 Å². The summed E-state index contributed by atoms with van der Waals surface area (Å²) in [6, 6.07) is 3.62. The molecule has 0 amide bonds. The molecule has 2 heterocycles. The number of anilines is 1. The minimum atomic E-state index is 0.597. The second-order valence-electron chi connectivity index (χ2n) is 3.19. The molecule has 0 fully saturated rings. The van der Waals surface area contributed by atoms with Crippen molar-refractivity contribution in [3.63, 3.8) is 0 Å². The fraction of sp³-hybridized carbons (Fsp3) is 0.273. The molecule has 0 aliphatic heterocycles. The van der Waals surface area contributed by atoms with E-state index < -0.39 is 0 Å². The Morgan fingerprint density at radius 2 is 2.38 bits per heavy atom. The molecule has 0 aliphatic rings. The van der Waals surface area contributed by atoms with Crippen molar-refractivity contribution in [3.05, 3.63) is 23.4 Å². The third-order valence-corrected chi connectivity index (χ3v) is 2.23. The second kappa shape index (κ2) is 4.86. The lowest BCUT2D eigenvalue weighted by Crippen LogP contribution is -2.02. The zero-order valence-corrected chi connectivity index (χ0v) is 9.62. The van der Waals surface area contributed by atoms with Crippen LogP contribution in [-0.2, 0) is 0 Å². The number of fused-ring (bicyclic) bond motifs is 1. The maximum Gasteiger partial charge on any atom is 0.243 e. The van der Waals surface area contributed by atoms with Crippen LogP contribution in [0.15, 0.2) is 18.3 Å². The Balaban J connectivity index is 2.09. The molecule has 0 aliphatic carbocycles. The smallest absolute Gasteiger partial charge is 0.243 e. The molecule has 0 bridgehead atoms. The maximum absolute atomic E-state index is 5.85. The monoisotopic (exact) mass is 234 g/mol. The van der Waals surface area contributed by atoms with Gasteiger partial charge in [-0.2, -0.15) is 4.98 Å². The van der Waals surface area contributed by atoms with Crippen molar-refractivity contribution in [1.29, 1.82) is 0 Å². The van der Waals surface area contributed by atoms with Gasteiger partial charge in [-0.3, -0.25) is 0 Å². The van der Waals surface area contributed by atoms with E-state index in [0.717, 1.165) is 18.6 Å². The molecule has 0 aromatic carbocycles. The van der Waals surface area contributed by atoms with Crippen LogP contribution in [0, 0.1) is 11.8 Å². The second-order valence-corrected chi connectivity index (χ2v) is 3.63. The van der Waals surface area contributed by atoms with Gasteiger partial charge in [0, 0.05) is 19.2 Å². The summed E-state index contributed by atoms with van der Waals surface area (Å²) < 4.78 is 1.65. The lowest BCUT2D eigenvalue weighted by Gasteiger charge is -1.94. The molecule has 0 radical (unpaired) electrons. The van der Waals surface area contributed by atoms with Crippen molar-refractivity contribution in [2.24, 2.45) is 0 Å². The van der Waals surface area contributed by atoms with Crippen LogP contribution in [0.4, 0.5) is 5.95 Å². The third kappa shape index (κ3) is 2.44. The Morgan fingerprint density at radius 1 is 1.50 bits per heavy atom. The predicted molar refractivity (Wildman–Crippen MR) is 64.6 cm³/mol. The topological polar surface area (TPSA) is 42.2 Å². The highest BCUT2D eigenvalue weighted by Crippen LogP contribution is 2.11. The zero-order chi connectivity index (χ0) is 11.4. The Bertz CT molecular complexity index is 550. The van der Waals surface area contributed by atoms with Crippen LogP contribution < -0.4 is 5.32 Å². The minimum Gasteiger partial charge on any atom is -0.352 e. The van der Waals surface area contributed by atoms with Crippen LogP contribution >= 0.6 is 11.6 Å². The van der Waals surface area contributed by atoms with E-state index in [1.54, 1.807) is 16.8 Å². The van der Waals surface area contributed by atoms with Crippen LogP contribution in [0.2, 0.25) is 5.02 Å². The summed E-state index contributed by atoms with van der Waals surface area (Å²) in [5.74, 6) is 6.40. The molecule has 2 rings (SSSR count). The summed E-state index contributed by atoms with van der Waals surface area (Å²) >= 11 is 5.85. The Morgan fingerprint density at radius 3 is 3.19 bits per heavy atom. The highest BCUT2D eigenvalue weighted by atomic mass is 35.5. The van der Waals surface area contributed by atoms with Gasteiger partial charge in [-0.1, -0.05) is 11.6 Å². The van der Waals surface area contributed by atoms with Crippen molar-refractivity contribution in [2.75, 3.05) is 11.9 Å². The van der Waals surface area contributed by atoms with Gasteiger partial charge in [0.05, 0.1) is 5.02 Å². The lowest BCUT2D eigenvalue weighted by molar-refractivity contribution is 0.948. The number of nitrogens with zero attached hydrogens (tertiary/aromatic N) is 3. The Hall–Kier alpha value is -1.73. The summed E-state index contributed by atoms with van der Waals surface area (Å²) in [6.07, 6.45) is 2.51. The summed E-state index contributed by atoms with van der Waals surface area (Å²) in [5.41, 5.74) is 0.772. The standard InChI is InChI=1S/C11H11ClN4/c1-2-3-4-7-13-11-14-10-6-5-9(12)8-16(10)15-11/h5-6,8H,4,7H2,1H3,(H,13,15). The Labute approximate surface area is 98.6 Å². The molecule has 82 valence electrons. The molecule has 1 N–H and O–H groups in total. The first-order valence-electron chi connectivity index (χ1n) is 4.95. The van der Waals surface area contributed by atoms with Crippen LogP contribution in [0.5, 0.6) is 0 Å². The van der Waals surface area contributed by atoms with Gasteiger partial charge in [-0.05, 0) is 19.1 Å². The first-order chi connectivity index (χ1) is 7.79. The van der Waals surface area contributed by atoms with Crippen LogP contribution in [0.3, 0.4) is 0 Å². The van der Waals surface area contributed by atoms with Crippen molar-refractivity contribution < 1.29 is 0 Å². The molecule has 0 atom stereocenters. The molecule has 16 heavy (non-hydrogen) atoms. The third-order valence-electron chi connectivity index (χ3n) is 2.00. The van der Waals surface area contributed by atoms with E-state index in [9.17, 15) is 0 Å². The number of halogens is 1. The number of pyridine rings is 1. The van der Waals surface area contributed by atoms with Crippen LogP contribution in [-0.4, -0.2) is 21.1 Å². The largest absolute Gasteiger partial charge is 0.352 e. The first kappa shape index (κ1) is 10.8. The zero-order valence-electron chi connectivity index (χ0n) is 8.87. The quantitative estimate of drug-likeness (QED) is 0.654. The Kier molecular flexibility index (Phi) is 3.28. The lowest BCUT2D eigenvalue weighted by atomic mass is 10.4. The van der Waals surface area contributed by atoms with Crippen LogP contribution in [0.25, 0.3) is 5.65 Å². The van der Waals surface area contributed by atoms with E-state index in [-0.39, 0.29) is 0 Å². The number of rotatable bonds is 3. The van der Waals surface area contributed by atoms with E-state index in [2.05, 4.69) is 27.2 Å². The van der Waals surface area contributed by atoms with Gasteiger partial charge in [-0.15, -0.1) is 16.9 Å². The van der Waals surface area contributed by atoms with Gasteiger partial charge >= 0.3 is 0 Å². The summed E-state index contributed by atoms with van der Waals surface area (Å²) in [6.45, 7) is 2.57. The summed E-state index contributed by atoms with van der Waals surface area (Å²) in [7, 11) is 0. The number of hydrogen-bond donors (Lipinski definition) is 1. The normalized spacial score (nSPS) is 9.88. The fourth-order valence-electron chi connectivity index (χ4n) is 1.29. The summed E-state index contributed by atoms with van der Waals surface area (Å²) in [5, 5.41) is 7.97. The van der Waals surface area contributed by atoms with E-state index in [1.165, 1.54) is 0 Å². The molecule has 5 heteroatoms. The molecular weight excluding hydrogens is 224 g/mol. The number of hydrogen-bond acceptors (Lipinski definition) is 3. The van der Waals surface area contributed by atoms with Crippen molar-refractivity contribution in [3.8, 4) is 11.8 Å². The molecule has 0 spiro atoms. The predicted octanol–water partition coefficient (Wildman–Crippen LogP) is 2.21. The van der Waals surface area contributed by atoms with E-state index >= 15 is 0 Å². The van der Waals surface area contributed by atoms with Gasteiger partial charge in [-0.25, -0.2) is 4.52 Å². The highest BCUT2D eigenvalue weighted by Gasteiger charge is 2.02. The van der Waals surface area contributed by atoms with Gasteiger partial charge in [0.2, 0.25) is 5.95 Å². The SMILES string of the molecule is CC#CCCNc1nc2ccc(Cl)cn2n1. The first-order valence-corrected chi connectivity index (χ1v) is 5.33. The highest BCUT2D eigenvalue weighted by molar-refractivity contribution is 6.30. The van der Waals surface area contributed by atoms with Gasteiger partial charge < -0.3 is 5.32 Å². The van der Waals surface area contributed by atoms with Gasteiger partial charge in [0.25, 0.3) is 0 Å². The molecule has 4 nitrogen and oxygen atoms in total. The summed E-state index contributed by atoms with van der Waals surface area (Å²) in [4.78, 5) is 4.29. The van der Waals surface area contributed by atoms with E-state index in [4.69, 9.17) is 11.6 Å². The molecule has 2 aromatic rings. The number of nitrogens with one attached hydrogen (secondary N) is 1. The minimum absolute atomic E-state index is 0.597. The molecule has 0 saturated carbocycles. The molecule has 0 saturated heterocycles. The van der Waals surface area contributed by atoms with Crippen molar-refractivity contribution in [1.82, 2.24) is 14.6 Å². The van der Waals surface area contributed by atoms with Crippen molar-refractivity contribution >= 4 is 23.2 Å². The molecular formula is C11H11ClN4. The average molecular weight is 235 g/mol. The van der Waals surface area contributed by atoms with Gasteiger partial charge in [0.15, 0.2) is 5.65 Å². The molecule has 2 aromatic heterocycles. The van der Waals surface area contributed by atoms with E-state index in [1.807, 2.05) is 13.0 Å².